The molecule has 1 N–H and O–H groups in total. The van der Waals surface area contributed by atoms with E-state index >= 15 is 0 Å². The first-order valence-corrected chi connectivity index (χ1v) is 9.00. The summed E-state index contributed by atoms with van der Waals surface area (Å²) < 4.78 is 16.7. The molecule has 1 heterocycles. The molecule has 1 fully saturated rings. The average molecular weight is 477 g/mol. The molecule has 26 heavy (non-hydrogen) atoms. The van der Waals surface area contributed by atoms with Gasteiger partial charge in [-0.2, -0.15) is 0 Å². The molecule has 7 heteroatoms. The van der Waals surface area contributed by atoms with Gasteiger partial charge in [0.1, 0.15) is 17.6 Å². The maximum absolute atomic E-state index is 5.95. The van der Waals surface area contributed by atoms with Crippen LogP contribution in [0.3, 0.4) is 0 Å². The van der Waals surface area contributed by atoms with Crippen LogP contribution in [-0.4, -0.2) is 64.0 Å². The van der Waals surface area contributed by atoms with E-state index in [9.17, 15) is 0 Å². The van der Waals surface area contributed by atoms with E-state index in [2.05, 4.69) is 15.2 Å². The third kappa shape index (κ3) is 7.19. The minimum absolute atomic E-state index is 0. The largest absolute Gasteiger partial charge is 0.497 e. The molecule has 0 aliphatic carbocycles. The zero-order valence-corrected chi connectivity index (χ0v) is 18.6. The molecule has 6 nitrogen and oxygen atoms in total. The molecule has 0 radical (unpaired) electrons. The van der Waals surface area contributed by atoms with Crippen LogP contribution in [0.5, 0.6) is 11.5 Å². The Hall–Kier alpha value is -1.22. The highest BCUT2D eigenvalue weighted by Gasteiger charge is 2.25. The predicted molar refractivity (Wildman–Crippen MR) is 116 cm³/mol. The smallest absolute Gasteiger partial charge is 0.193 e. The van der Waals surface area contributed by atoms with Crippen LogP contribution >= 0.6 is 24.0 Å². The second-order valence-electron chi connectivity index (χ2n) is 6.30. The van der Waals surface area contributed by atoms with Crippen molar-refractivity contribution < 1.29 is 14.2 Å². The van der Waals surface area contributed by atoms with Crippen molar-refractivity contribution in [1.29, 1.82) is 0 Å². The Balaban J connectivity index is 0.00000338. The Morgan fingerprint density at radius 3 is 2.85 bits per heavy atom. The van der Waals surface area contributed by atoms with Crippen molar-refractivity contribution in [3.8, 4) is 11.5 Å². The van der Waals surface area contributed by atoms with E-state index in [4.69, 9.17) is 14.2 Å². The third-order valence-electron chi connectivity index (χ3n) is 4.28. The fraction of sp³-hybridized carbons (Fsp3) is 0.632. The minimum Gasteiger partial charge on any atom is -0.497 e. The van der Waals surface area contributed by atoms with E-state index in [-0.39, 0.29) is 30.1 Å². The number of methoxy groups -OCH3 is 1. The molecule has 148 valence electrons. The first-order chi connectivity index (χ1) is 12.2. The van der Waals surface area contributed by atoms with Crippen molar-refractivity contribution in [2.24, 2.45) is 10.9 Å². The van der Waals surface area contributed by atoms with Crippen LogP contribution in [0.2, 0.25) is 0 Å². The SMILES string of the molecule is CCOCC1CCN(C(=NC)NCC(C)Oc2cccc(OC)c2)C1.I. The Morgan fingerprint density at radius 2 is 2.15 bits per heavy atom. The summed E-state index contributed by atoms with van der Waals surface area (Å²) in [7, 11) is 3.48. The van der Waals surface area contributed by atoms with E-state index in [1.165, 1.54) is 0 Å². The van der Waals surface area contributed by atoms with Gasteiger partial charge in [0.25, 0.3) is 0 Å². The van der Waals surface area contributed by atoms with Crippen molar-refractivity contribution >= 4 is 29.9 Å². The molecule has 0 aromatic heterocycles. The molecule has 0 spiro atoms. The van der Waals surface area contributed by atoms with E-state index < -0.39 is 0 Å². The fourth-order valence-corrected chi connectivity index (χ4v) is 2.96. The van der Waals surface area contributed by atoms with Crippen LogP contribution in [0.25, 0.3) is 0 Å². The van der Waals surface area contributed by atoms with Gasteiger partial charge >= 0.3 is 0 Å². The van der Waals surface area contributed by atoms with Crippen LogP contribution in [0, 0.1) is 5.92 Å². The summed E-state index contributed by atoms with van der Waals surface area (Å²) in [4.78, 5) is 6.70. The van der Waals surface area contributed by atoms with E-state index in [1.807, 2.05) is 45.2 Å². The number of benzene rings is 1. The van der Waals surface area contributed by atoms with Crippen molar-refractivity contribution in [1.82, 2.24) is 10.2 Å². The summed E-state index contributed by atoms with van der Waals surface area (Å²) >= 11 is 0. The summed E-state index contributed by atoms with van der Waals surface area (Å²) in [5, 5.41) is 3.42. The Kier molecular flexibility index (Phi) is 10.7. The second kappa shape index (κ2) is 12.2. The molecular formula is C19H32IN3O3. The molecule has 0 amide bonds. The molecule has 1 aromatic carbocycles. The first kappa shape index (κ1) is 22.8. The lowest BCUT2D eigenvalue weighted by Gasteiger charge is -2.23. The molecule has 2 unspecified atom stereocenters. The van der Waals surface area contributed by atoms with E-state index in [1.54, 1.807) is 7.11 Å². The summed E-state index contributed by atoms with van der Waals surface area (Å²) in [5.74, 6) is 3.12. The lowest BCUT2D eigenvalue weighted by atomic mass is 10.1. The fourth-order valence-electron chi connectivity index (χ4n) is 2.96. The number of nitrogens with zero attached hydrogens (tertiary/aromatic N) is 2. The summed E-state index contributed by atoms with van der Waals surface area (Å²) in [6, 6.07) is 7.66. The van der Waals surface area contributed by atoms with E-state index in [0.717, 1.165) is 50.2 Å². The number of hydrogen-bond acceptors (Lipinski definition) is 4. The summed E-state index contributed by atoms with van der Waals surface area (Å²) in [5.41, 5.74) is 0. The lowest BCUT2D eigenvalue weighted by Crippen LogP contribution is -2.43. The van der Waals surface area contributed by atoms with Gasteiger partial charge in [-0.1, -0.05) is 6.07 Å². The molecule has 0 saturated carbocycles. The summed E-state index contributed by atoms with van der Waals surface area (Å²) in [6.45, 7) is 8.39. The average Bonchev–Trinajstić information content (AvgIpc) is 3.09. The van der Waals surface area contributed by atoms with Gasteiger partial charge in [0.2, 0.25) is 0 Å². The van der Waals surface area contributed by atoms with Gasteiger partial charge in [-0.05, 0) is 32.4 Å². The number of nitrogens with one attached hydrogen (secondary N) is 1. The maximum atomic E-state index is 5.95. The number of hydrogen-bond donors (Lipinski definition) is 1. The molecule has 0 bridgehead atoms. The van der Waals surface area contributed by atoms with Crippen molar-refractivity contribution in [3.05, 3.63) is 24.3 Å². The third-order valence-corrected chi connectivity index (χ3v) is 4.28. The molecular weight excluding hydrogens is 445 g/mol. The van der Waals surface area contributed by atoms with E-state index in [0.29, 0.717) is 12.5 Å². The molecule has 1 aliphatic rings. The van der Waals surface area contributed by atoms with Gasteiger partial charge in [0.15, 0.2) is 5.96 Å². The summed E-state index contributed by atoms with van der Waals surface area (Å²) in [6.07, 6.45) is 1.17. The number of likely N-dealkylation sites (tertiary alicyclic amines) is 1. The van der Waals surface area contributed by atoms with Crippen molar-refractivity contribution in [3.63, 3.8) is 0 Å². The van der Waals surface area contributed by atoms with Gasteiger partial charge in [0.05, 0.1) is 20.3 Å². The van der Waals surface area contributed by atoms with Gasteiger partial charge in [-0.15, -0.1) is 24.0 Å². The Bertz CT molecular complexity index is 557. The molecule has 1 aliphatic heterocycles. The van der Waals surface area contributed by atoms with Gasteiger partial charge < -0.3 is 24.4 Å². The number of halogens is 1. The van der Waals surface area contributed by atoms with Gasteiger partial charge in [-0.3, -0.25) is 4.99 Å². The highest BCUT2D eigenvalue weighted by atomic mass is 127. The number of guanidine groups is 1. The number of rotatable bonds is 8. The number of aliphatic imine (C=N–C) groups is 1. The molecule has 2 rings (SSSR count). The van der Waals surface area contributed by atoms with Crippen LogP contribution < -0.4 is 14.8 Å². The maximum Gasteiger partial charge on any atom is 0.193 e. The topological polar surface area (TPSA) is 55.3 Å². The first-order valence-electron chi connectivity index (χ1n) is 9.00. The predicted octanol–water partition coefficient (Wildman–Crippen LogP) is 3.01. The Labute approximate surface area is 174 Å². The van der Waals surface area contributed by atoms with Crippen LogP contribution in [0.15, 0.2) is 29.3 Å². The normalized spacial score (nSPS) is 18.2. The minimum atomic E-state index is 0. The standard InChI is InChI=1S/C19H31N3O3.HI/c1-5-24-14-16-9-10-22(13-16)19(20-3)21-12-15(2)25-18-8-6-7-17(11-18)23-4;/h6-8,11,15-16H,5,9-10,12-14H2,1-4H3,(H,20,21);1H. The number of ether oxygens (including phenoxy) is 3. The van der Waals surface area contributed by atoms with Crippen LogP contribution in [-0.2, 0) is 4.74 Å². The zero-order chi connectivity index (χ0) is 18.1. The lowest BCUT2D eigenvalue weighted by molar-refractivity contribution is 0.114. The highest BCUT2D eigenvalue weighted by Crippen LogP contribution is 2.20. The zero-order valence-electron chi connectivity index (χ0n) is 16.2. The monoisotopic (exact) mass is 477 g/mol. The van der Waals surface area contributed by atoms with Gasteiger partial charge in [-0.25, -0.2) is 0 Å². The van der Waals surface area contributed by atoms with Crippen molar-refractivity contribution in [2.75, 3.05) is 47.0 Å². The van der Waals surface area contributed by atoms with Gasteiger partial charge in [0, 0.05) is 38.7 Å². The molecule has 1 aromatic rings. The van der Waals surface area contributed by atoms with Crippen LogP contribution in [0.4, 0.5) is 0 Å². The quantitative estimate of drug-likeness (QED) is 0.355. The van der Waals surface area contributed by atoms with Crippen LogP contribution in [0.1, 0.15) is 20.3 Å². The van der Waals surface area contributed by atoms with Crippen molar-refractivity contribution in [2.45, 2.75) is 26.4 Å². The Morgan fingerprint density at radius 1 is 1.38 bits per heavy atom. The molecule has 1 saturated heterocycles. The molecule has 2 atom stereocenters. The highest BCUT2D eigenvalue weighted by molar-refractivity contribution is 14.0. The second-order valence-corrected chi connectivity index (χ2v) is 6.30.